The van der Waals surface area contributed by atoms with Crippen molar-refractivity contribution in [1.29, 1.82) is 0 Å². The first-order valence-corrected chi connectivity index (χ1v) is 11.4. The lowest BCUT2D eigenvalue weighted by molar-refractivity contribution is -0.141. The standard InChI is InChI=1S/C21H26F3N5O3S/c1-14(18(31)17-5-3-16(4-6-17)7-8-25-15(2)30)33-20-27-26-19(28-9-11-32-12-10-28)29(20)13-21(22,23)24/h3-6,14H,7-13H2,1-2H3,(H,25,30). The number of Topliss-reactive ketones (excluding diaryl/α,β-unsaturated/α-hetero) is 1. The Morgan fingerprint density at radius 1 is 1.18 bits per heavy atom. The Morgan fingerprint density at radius 3 is 2.45 bits per heavy atom. The molecule has 1 amide bonds. The number of rotatable bonds is 9. The summed E-state index contributed by atoms with van der Waals surface area (Å²) in [7, 11) is 0. The lowest BCUT2D eigenvalue weighted by atomic mass is 10.0. The summed E-state index contributed by atoms with van der Waals surface area (Å²) in [5.41, 5.74) is 1.41. The predicted molar refractivity (Wildman–Crippen MR) is 118 cm³/mol. The molecule has 3 rings (SSSR count). The molecule has 12 heteroatoms. The van der Waals surface area contributed by atoms with Crippen LogP contribution in [0.4, 0.5) is 19.1 Å². The number of carbonyl (C=O) groups is 2. The molecule has 1 aliphatic heterocycles. The number of hydrogen-bond acceptors (Lipinski definition) is 7. The summed E-state index contributed by atoms with van der Waals surface area (Å²) < 4.78 is 46.1. The second kappa shape index (κ2) is 11.0. The van der Waals surface area contributed by atoms with Gasteiger partial charge in [-0.3, -0.25) is 14.2 Å². The molecule has 1 aliphatic rings. The van der Waals surface area contributed by atoms with Crippen molar-refractivity contribution in [3.05, 3.63) is 35.4 Å². The van der Waals surface area contributed by atoms with Crippen LogP contribution in [0.3, 0.4) is 0 Å². The van der Waals surface area contributed by atoms with Crippen LogP contribution in [0.15, 0.2) is 29.4 Å². The van der Waals surface area contributed by atoms with E-state index in [9.17, 15) is 22.8 Å². The molecule has 180 valence electrons. The first-order valence-electron chi connectivity index (χ1n) is 10.5. The lowest BCUT2D eigenvalue weighted by Gasteiger charge is -2.28. The highest BCUT2D eigenvalue weighted by Gasteiger charge is 2.33. The van der Waals surface area contributed by atoms with Crippen LogP contribution in [0.5, 0.6) is 0 Å². The zero-order valence-corrected chi connectivity index (χ0v) is 19.2. The third-order valence-corrected chi connectivity index (χ3v) is 6.09. The van der Waals surface area contributed by atoms with Crippen molar-refractivity contribution in [3.8, 4) is 0 Å². The zero-order valence-electron chi connectivity index (χ0n) is 18.4. The lowest BCUT2D eigenvalue weighted by Crippen LogP contribution is -2.38. The van der Waals surface area contributed by atoms with Gasteiger partial charge >= 0.3 is 6.18 Å². The van der Waals surface area contributed by atoms with E-state index >= 15 is 0 Å². The third kappa shape index (κ3) is 7.19. The van der Waals surface area contributed by atoms with Gasteiger partial charge in [0.2, 0.25) is 11.9 Å². The monoisotopic (exact) mass is 485 g/mol. The SMILES string of the molecule is CC(=O)NCCc1ccc(C(=O)C(C)Sc2nnc(N3CCOCC3)n2CC(F)(F)F)cc1. The van der Waals surface area contributed by atoms with Crippen LogP contribution >= 0.6 is 11.8 Å². The van der Waals surface area contributed by atoms with Gasteiger partial charge in [0.1, 0.15) is 6.54 Å². The molecular formula is C21H26F3N5O3S. The van der Waals surface area contributed by atoms with Crippen molar-refractivity contribution in [1.82, 2.24) is 20.1 Å². The maximum Gasteiger partial charge on any atom is 0.406 e. The number of thioether (sulfide) groups is 1. The van der Waals surface area contributed by atoms with Crippen molar-refractivity contribution >= 4 is 29.4 Å². The van der Waals surface area contributed by atoms with Crippen LogP contribution in [0, 0.1) is 0 Å². The van der Waals surface area contributed by atoms with Crippen molar-refractivity contribution in [2.75, 3.05) is 37.7 Å². The maximum atomic E-state index is 13.3. The normalized spacial score (nSPS) is 15.4. The van der Waals surface area contributed by atoms with E-state index in [0.717, 1.165) is 21.9 Å². The number of alkyl halides is 3. The molecule has 1 fully saturated rings. The average molecular weight is 486 g/mol. The minimum Gasteiger partial charge on any atom is -0.378 e. The number of ketones is 1. The average Bonchev–Trinajstić information content (AvgIpc) is 3.14. The number of nitrogens with zero attached hydrogens (tertiary/aromatic N) is 4. The van der Waals surface area contributed by atoms with E-state index in [1.165, 1.54) is 6.92 Å². The summed E-state index contributed by atoms with van der Waals surface area (Å²) in [5.74, 6) is -0.202. The molecule has 8 nitrogen and oxygen atoms in total. The van der Waals surface area contributed by atoms with Crippen molar-refractivity contribution in [2.45, 2.75) is 43.4 Å². The quantitative estimate of drug-likeness (QED) is 0.432. The van der Waals surface area contributed by atoms with E-state index in [1.807, 2.05) is 0 Å². The van der Waals surface area contributed by atoms with Gasteiger partial charge in [0.25, 0.3) is 0 Å². The van der Waals surface area contributed by atoms with Crippen LogP contribution in [-0.4, -0.2) is 70.7 Å². The fourth-order valence-corrected chi connectivity index (χ4v) is 4.27. The Hall–Kier alpha value is -2.60. The summed E-state index contributed by atoms with van der Waals surface area (Å²) >= 11 is 0.954. The molecule has 1 saturated heterocycles. The Bertz CT molecular complexity index is 959. The number of halogens is 3. The first-order chi connectivity index (χ1) is 15.6. The van der Waals surface area contributed by atoms with Crippen molar-refractivity contribution in [3.63, 3.8) is 0 Å². The molecule has 0 radical (unpaired) electrons. The number of aromatic nitrogens is 3. The van der Waals surface area contributed by atoms with Gasteiger partial charge in [-0.25, -0.2) is 0 Å². The molecule has 0 spiro atoms. The maximum absolute atomic E-state index is 13.3. The second-order valence-corrected chi connectivity index (χ2v) is 8.95. The van der Waals surface area contributed by atoms with Gasteiger partial charge < -0.3 is 15.0 Å². The Morgan fingerprint density at radius 2 is 1.85 bits per heavy atom. The van der Waals surface area contributed by atoms with E-state index in [4.69, 9.17) is 4.74 Å². The van der Waals surface area contributed by atoms with Crippen molar-refractivity contribution in [2.24, 2.45) is 0 Å². The molecule has 2 heterocycles. The topological polar surface area (TPSA) is 89.3 Å². The zero-order chi connectivity index (χ0) is 24.0. The molecule has 1 unspecified atom stereocenters. The van der Waals surface area contributed by atoms with Gasteiger partial charge in [-0.1, -0.05) is 36.0 Å². The molecule has 0 saturated carbocycles. The van der Waals surface area contributed by atoms with E-state index in [1.54, 1.807) is 36.1 Å². The molecule has 33 heavy (non-hydrogen) atoms. The highest BCUT2D eigenvalue weighted by Crippen LogP contribution is 2.31. The summed E-state index contributed by atoms with van der Waals surface area (Å²) in [6, 6.07) is 6.97. The molecule has 2 aromatic rings. The van der Waals surface area contributed by atoms with Crippen LogP contribution in [0.1, 0.15) is 29.8 Å². The van der Waals surface area contributed by atoms with Gasteiger partial charge in [0, 0.05) is 32.1 Å². The minimum absolute atomic E-state index is 0.0431. The number of anilines is 1. The molecule has 0 bridgehead atoms. The first kappa shape index (κ1) is 25.0. The predicted octanol–water partition coefficient (Wildman–Crippen LogP) is 2.72. The highest BCUT2D eigenvalue weighted by atomic mass is 32.2. The van der Waals surface area contributed by atoms with Gasteiger partial charge in [-0.2, -0.15) is 13.2 Å². The molecule has 1 aromatic carbocycles. The van der Waals surface area contributed by atoms with Gasteiger partial charge in [0.05, 0.1) is 18.5 Å². The van der Waals surface area contributed by atoms with Crippen molar-refractivity contribution < 1.29 is 27.5 Å². The Labute approximate surface area is 193 Å². The summed E-state index contributed by atoms with van der Waals surface area (Å²) in [5, 5.41) is 10.0. The number of carbonyl (C=O) groups excluding carboxylic acids is 2. The largest absolute Gasteiger partial charge is 0.406 e. The highest BCUT2D eigenvalue weighted by molar-refractivity contribution is 8.00. The van der Waals surface area contributed by atoms with E-state index in [2.05, 4.69) is 15.5 Å². The Balaban J connectivity index is 1.70. The summed E-state index contributed by atoms with van der Waals surface area (Å²) in [6.07, 6.45) is -3.83. The van der Waals surface area contributed by atoms with Crippen LogP contribution < -0.4 is 10.2 Å². The molecular weight excluding hydrogens is 459 g/mol. The smallest absolute Gasteiger partial charge is 0.378 e. The van der Waals surface area contributed by atoms with Gasteiger partial charge in [0.15, 0.2) is 10.9 Å². The molecule has 1 N–H and O–H groups in total. The van der Waals surface area contributed by atoms with Crippen LogP contribution in [0.2, 0.25) is 0 Å². The number of amides is 1. The third-order valence-electron chi connectivity index (χ3n) is 5.01. The van der Waals surface area contributed by atoms with Crippen LogP contribution in [-0.2, 0) is 22.5 Å². The number of nitrogens with one attached hydrogen (secondary N) is 1. The van der Waals surface area contributed by atoms with Crippen LogP contribution in [0.25, 0.3) is 0 Å². The van der Waals surface area contributed by atoms with E-state index in [0.29, 0.717) is 44.8 Å². The number of hydrogen-bond donors (Lipinski definition) is 1. The summed E-state index contributed by atoms with van der Waals surface area (Å²) in [6.45, 7) is 3.98. The van der Waals surface area contributed by atoms with E-state index < -0.39 is 18.0 Å². The second-order valence-electron chi connectivity index (χ2n) is 7.64. The number of morpholine rings is 1. The Kier molecular flexibility index (Phi) is 8.35. The molecule has 1 aromatic heterocycles. The number of benzene rings is 1. The molecule has 1 atom stereocenters. The number of ether oxygens (including phenoxy) is 1. The summed E-state index contributed by atoms with van der Waals surface area (Å²) in [4.78, 5) is 25.5. The van der Waals surface area contributed by atoms with Gasteiger partial charge in [-0.05, 0) is 18.9 Å². The molecule has 0 aliphatic carbocycles. The minimum atomic E-state index is -4.46. The van der Waals surface area contributed by atoms with Gasteiger partial charge in [-0.15, -0.1) is 10.2 Å². The fourth-order valence-electron chi connectivity index (χ4n) is 3.35. The fraction of sp³-hybridized carbons (Fsp3) is 0.524. The van der Waals surface area contributed by atoms with E-state index in [-0.39, 0.29) is 22.8 Å².